The third-order valence-corrected chi connectivity index (χ3v) is 30.7. The number of carbonyl (C=O) groups is 3. The van der Waals surface area contributed by atoms with Gasteiger partial charge in [0.2, 0.25) is 17.7 Å². The van der Waals surface area contributed by atoms with Crippen molar-refractivity contribution in [1.29, 1.82) is 0 Å². The Bertz CT molecular complexity index is 5910. The number of amidine groups is 2. The number of benzene rings is 10. The zero-order valence-electron chi connectivity index (χ0n) is 77.9. The number of aromatic nitrogens is 6. The number of imidazole rings is 3. The van der Waals surface area contributed by atoms with Crippen LogP contribution >= 0.6 is 0 Å². The minimum absolute atomic E-state index is 0.145. The Morgan fingerprint density at radius 2 is 0.575 bits per heavy atom. The predicted octanol–water partition coefficient (Wildman–Crippen LogP) is 21.7. The van der Waals surface area contributed by atoms with E-state index in [4.69, 9.17) is 30.3 Å². The molecular formula is C116H127N15O3. The maximum Gasteiger partial charge on any atom is 0.285 e. The fraction of sp³-hybridized carbons (Fsp3) is 0.345. The number of primary amides is 3. The number of nitrogens with two attached hydrogens (primary N) is 3. The monoisotopic (exact) mass is 1780 g/mol. The Hall–Kier alpha value is -13.8. The van der Waals surface area contributed by atoms with Crippen LogP contribution in [0.1, 0.15) is 209 Å². The molecule has 0 saturated heterocycles. The number of hydrogen-bond acceptors (Lipinski definition) is 10. The number of amides is 3. The first-order chi connectivity index (χ1) is 65.6. The first kappa shape index (κ1) is 93.4. The standard InChI is InChI=1S/C24H27N3O.C24H25N3.C23H27N3O.C23H25N3.C22H23N3O/c1-2-22-26-15-16-27(22)21-14-13-20(17-21)24(23(25)28,18-9-5-3-6-10-18)19-11-7-4-8-12-19;1-3-23-26-16-17-27(23)22-15-14-21(18-22)24(25-2,19-10-6-4-7-11-19)20-12-8-5-9-13-20;1-17-25-14-15-26(17)21-13-12-20(16-21)23(22(24)27,18-8-4-2-5-9-18)19-10-6-3-7-11-19;1-18-25-15-16-26(18)22-14-13-21(17-22)23(24-2,19-9-5-3-6-10-19)20-11-7-4-8-12-20;23-21(26)22(17-7-3-1-4-8-17,18-9-5-2-6-10-18)19-11-12-20(15-19)25-14-13-24-16-25/h3-12,15-16,20-21H,2,13-14,17H2,1H3,(H2,25,28);4-13,16-17,21-22H,3,14-15,18H2,1H3;2-11,20-21H,12-16H2,1H3,(H2,24,27);3-12,21-22H,13-17H2,1H3;1-10,13-14,16,19-20H,11-12,15H2,(H2,23,26)/t20?,21-;21?,22-;20?,21-;21?,22-;19?,20-/m00000/s1. The Kier molecular flexibility index (Phi) is 29.8. The molecule has 13 aromatic rings. The summed E-state index contributed by atoms with van der Waals surface area (Å²) in [7, 11) is 0. The van der Waals surface area contributed by atoms with E-state index in [1.54, 1.807) is 0 Å². The summed E-state index contributed by atoms with van der Waals surface area (Å²) in [5.74, 6) is 4.85. The van der Waals surface area contributed by atoms with E-state index in [1.807, 2.05) is 237 Å². The normalized spacial score (nSPS) is 21.0. The van der Waals surface area contributed by atoms with Crippen molar-refractivity contribution in [3.05, 3.63) is 437 Å². The molecule has 10 aromatic carbocycles. The van der Waals surface area contributed by atoms with Crippen molar-refractivity contribution >= 4 is 29.4 Å². The second-order valence-electron chi connectivity index (χ2n) is 37.2. The van der Waals surface area contributed by atoms with E-state index in [0.29, 0.717) is 36.1 Å². The maximum atomic E-state index is 13.1. The lowest BCUT2D eigenvalue weighted by Gasteiger charge is -2.38. The van der Waals surface area contributed by atoms with Crippen molar-refractivity contribution < 1.29 is 14.4 Å². The Morgan fingerprint density at radius 1 is 0.328 bits per heavy atom. The lowest BCUT2D eigenvalue weighted by molar-refractivity contribution is -0.124. The van der Waals surface area contributed by atoms with Crippen LogP contribution < -0.4 is 17.2 Å². The second-order valence-corrected chi connectivity index (χ2v) is 37.2. The number of nitrogens with zero attached hydrogens (tertiary/aromatic N) is 12. The molecule has 134 heavy (non-hydrogen) atoms. The molecule has 18 heteroatoms. The SMILES string of the molecule is CC1=NCCN1[C@H]1CCC(C(C(N)=O)(c2ccccc2)c2ccccc2)C1.CCc1nccn1[C@H]1CCC(C(C(N)=O)(c2ccccc2)c2ccccc2)C1.NC(=O)C(c1ccccc1)(c1ccccc1)C1CC[C@H](n2ccnc2)C1.[C-]#[N+]C(c1ccccc1)(c1ccccc1)C1CC[C@H](N2CCN=C2C)C1.[C-]#[N+]C(c1ccccc1)(c1ccccc1)C1CC[C@H](n2ccnc2CC)C1. The summed E-state index contributed by atoms with van der Waals surface area (Å²) < 4.78 is 6.79. The average molecular weight is 1780 g/mol. The molecule has 5 heterocycles. The Balaban J connectivity index is 0.000000122. The van der Waals surface area contributed by atoms with Crippen molar-refractivity contribution in [3.63, 3.8) is 0 Å². The van der Waals surface area contributed by atoms with E-state index in [-0.39, 0.29) is 41.4 Å². The second kappa shape index (κ2) is 42.8. The van der Waals surface area contributed by atoms with Gasteiger partial charge in [0.05, 0.1) is 31.1 Å². The van der Waals surface area contributed by atoms with Gasteiger partial charge in [0.25, 0.3) is 11.1 Å². The van der Waals surface area contributed by atoms with Gasteiger partial charge in [-0.2, -0.15) is 0 Å². The van der Waals surface area contributed by atoms with Crippen LogP contribution in [0, 0.1) is 42.7 Å². The smallest absolute Gasteiger partial charge is 0.285 e. The third kappa shape index (κ3) is 18.5. The van der Waals surface area contributed by atoms with Crippen molar-refractivity contribution in [3.8, 4) is 0 Å². The van der Waals surface area contributed by atoms with Crippen LogP contribution in [0.25, 0.3) is 9.69 Å². The van der Waals surface area contributed by atoms with Gasteiger partial charge < -0.3 is 40.7 Å². The molecule has 5 fully saturated rings. The number of hydrogen-bond donors (Lipinski definition) is 3. The van der Waals surface area contributed by atoms with Gasteiger partial charge in [-0.25, -0.2) is 28.1 Å². The molecule has 2 aliphatic heterocycles. The largest absolute Gasteiger partial charge is 0.369 e. The molecule has 0 bridgehead atoms. The van der Waals surface area contributed by atoms with Crippen molar-refractivity contribution in [1.82, 2.24) is 38.5 Å². The van der Waals surface area contributed by atoms with Crippen molar-refractivity contribution in [2.45, 2.75) is 194 Å². The lowest BCUT2D eigenvalue weighted by Crippen LogP contribution is -2.48. The van der Waals surface area contributed by atoms with Crippen LogP contribution in [0.15, 0.2) is 357 Å². The van der Waals surface area contributed by atoms with Crippen LogP contribution in [0.4, 0.5) is 0 Å². The van der Waals surface area contributed by atoms with Gasteiger partial charge in [-0.05, 0) is 161 Å². The Morgan fingerprint density at radius 3 is 0.828 bits per heavy atom. The van der Waals surface area contributed by atoms with Gasteiger partial charge in [-0.1, -0.05) is 317 Å². The summed E-state index contributed by atoms with van der Waals surface area (Å²) >= 11 is 0. The van der Waals surface area contributed by atoms with Gasteiger partial charge in [0, 0.05) is 127 Å². The molecule has 0 radical (unpaired) electrons. The van der Waals surface area contributed by atoms with Gasteiger partial charge in [0.1, 0.15) is 27.9 Å². The first-order valence-corrected chi connectivity index (χ1v) is 48.4. The van der Waals surface area contributed by atoms with Crippen LogP contribution in [0.3, 0.4) is 0 Å². The summed E-state index contributed by atoms with van der Waals surface area (Å²) in [6, 6.07) is 104. The topological polar surface area (TPSA) is 223 Å². The molecule has 18 nitrogen and oxygen atoms in total. The van der Waals surface area contributed by atoms with E-state index < -0.39 is 27.3 Å². The summed E-state index contributed by atoms with van der Waals surface area (Å²) in [5.41, 5.74) is 25.2. The van der Waals surface area contributed by atoms with E-state index in [9.17, 15) is 14.4 Å². The molecule has 7 aliphatic rings. The van der Waals surface area contributed by atoms with Crippen LogP contribution in [0.5, 0.6) is 0 Å². The predicted molar refractivity (Wildman–Crippen MR) is 535 cm³/mol. The molecule has 5 aliphatic carbocycles. The van der Waals surface area contributed by atoms with Crippen molar-refractivity contribution in [2.24, 2.45) is 56.8 Å². The minimum Gasteiger partial charge on any atom is -0.369 e. The molecule has 0 spiro atoms. The summed E-state index contributed by atoms with van der Waals surface area (Å²) in [5, 5.41) is 0. The fourth-order valence-electron chi connectivity index (χ4n) is 24.6. The highest BCUT2D eigenvalue weighted by molar-refractivity contribution is 5.93. The fourth-order valence-corrected chi connectivity index (χ4v) is 24.6. The highest BCUT2D eigenvalue weighted by Crippen LogP contribution is 2.56. The molecule has 3 amide bonds. The molecule has 5 saturated carbocycles. The van der Waals surface area contributed by atoms with E-state index in [2.05, 4.69) is 195 Å². The summed E-state index contributed by atoms with van der Waals surface area (Å²) in [4.78, 5) is 75.0. The molecule has 6 N–H and O–H groups in total. The van der Waals surface area contributed by atoms with Gasteiger partial charge in [-0.15, -0.1) is 0 Å². The minimum atomic E-state index is -0.815. The van der Waals surface area contributed by atoms with E-state index in [1.165, 1.54) is 5.84 Å². The zero-order chi connectivity index (χ0) is 93.1. The molecule has 3 aromatic heterocycles. The van der Waals surface area contributed by atoms with Crippen LogP contribution in [-0.4, -0.2) is 106 Å². The Labute approximate surface area is 791 Å². The van der Waals surface area contributed by atoms with Crippen LogP contribution in [-0.2, 0) is 54.5 Å². The number of aryl methyl sites for hydroxylation is 2. The molecular weight excluding hydrogens is 1650 g/mol. The molecule has 5 unspecified atom stereocenters. The van der Waals surface area contributed by atoms with Gasteiger partial charge in [-0.3, -0.25) is 34.1 Å². The third-order valence-electron chi connectivity index (χ3n) is 30.7. The zero-order valence-corrected chi connectivity index (χ0v) is 77.9. The highest BCUT2D eigenvalue weighted by Gasteiger charge is 2.57. The van der Waals surface area contributed by atoms with Gasteiger partial charge >= 0.3 is 0 Å². The van der Waals surface area contributed by atoms with E-state index >= 15 is 0 Å². The maximum absolute atomic E-state index is 13.1. The molecule has 684 valence electrons. The molecule has 20 rings (SSSR count). The van der Waals surface area contributed by atoms with Crippen LogP contribution in [0.2, 0.25) is 0 Å². The number of rotatable bonds is 25. The number of aliphatic imine (C=N–C) groups is 2. The quantitative estimate of drug-likeness (QED) is 0.0466. The summed E-state index contributed by atoms with van der Waals surface area (Å²) in [6.45, 7) is 28.8. The average Bonchev–Trinajstić information content (AvgIpc) is 1.46. The van der Waals surface area contributed by atoms with Gasteiger partial charge in [0.15, 0.2) is 0 Å². The lowest BCUT2D eigenvalue weighted by atomic mass is 9.64. The van der Waals surface area contributed by atoms with Crippen molar-refractivity contribution in [2.75, 3.05) is 26.2 Å². The summed E-state index contributed by atoms with van der Waals surface area (Å²) in [6.07, 6.45) is 30.7. The number of carbonyl (C=O) groups excluding carboxylic acids is 3. The highest BCUT2D eigenvalue weighted by atomic mass is 16.2. The van der Waals surface area contributed by atoms with E-state index in [0.717, 1.165) is 208 Å². The first-order valence-electron chi connectivity index (χ1n) is 48.4. The molecule has 10 atom stereocenters.